The van der Waals surface area contributed by atoms with Gasteiger partial charge in [-0.3, -0.25) is 38.5 Å². The quantitative estimate of drug-likeness (QED) is 0.163. The highest BCUT2D eigenvalue weighted by molar-refractivity contribution is 7.20. The van der Waals surface area contributed by atoms with Crippen molar-refractivity contribution in [3.63, 3.8) is 0 Å². The van der Waals surface area contributed by atoms with Crippen molar-refractivity contribution in [3.05, 3.63) is 247 Å². The molecule has 6 aromatic carbocycles. The van der Waals surface area contributed by atoms with Crippen molar-refractivity contribution in [2.45, 2.75) is 24.4 Å². The number of nitrogens with zero attached hydrogens (tertiary/aromatic N) is 6. The predicted molar refractivity (Wildman–Crippen MR) is 317 cm³/mol. The van der Waals surface area contributed by atoms with Crippen LogP contribution in [0.25, 0.3) is 64.0 Å². The second-order valence-corrected chi connectivity index (χ2v) is 23.5. The van der Waals surface area contributed by atoms with Crippen molar-refractivity contribution in [2.24, 2.45) is 0 Å². The number of rotatable bonds is 4. The van der Waals surface area contributed by atoms with Gasteiger partial charge < -0.3 is 29.5 Å². The molecule has 4 atom stereocenters. The normalized spacial score (nSPS) is 18.7. The minimum absolute atomic E-state index is 0.127. The van der Waals surface area contributed by atoms with Gasteiger partial charge in [0.15, 0.2) is 46.2 Å². The molecule has 4 aromatic heterocycles. The van der Waals surface area contributed by atoms with E-state index in [2.05, 4.69) is 0 Å². The number of benzene rings is 6. The Morgan fingerprint density at radius 3 is 1.27 bits per heavy atom. The lowest BCUT2D eigenvalue weighted by Crippen LogP contribution is -2.66. The van der Waals surface area contributed by atoms with E-state index in [1.54, 1.807) is 21.9 Å². The molecule has 0 unspecified atom stereocenters. The number of amides is 2. The molecule has 14 nitrogen and oxygen atoms in total. The molecule has 2 fully saturated rings. The van der Waals surface area contributed by atoms with Gasteiger partial charge in [-0.2, -0.15) is 0 Å². The summed E-state index contributed by atoms with van der Waals surface area (Å²) in [6, 6.07) is 45.0. The van der Waals surface area contributed by atoms with E-state index in [0.29, 0.717) is 22.3 Å². The van der Waals surface area contributed by atoms with Gasteiger partial charge in [0.2, 0.25) is 10.9 Å². The molecule has 6 aliphatic rings. The first kappa shape index (κ1) is 53.1. The standard InChI is InChI=1S/2C33H23F2N3O4S/c2*34-23-11-10-21-27(28(23)35)22-16-25(18-6-2-1-3-7-18)43-32(22)20-9-5-4-8-19(20)29(21)38-26-17-42-15-14-36(26)33(41)30-31(40)24(39)12-13-37(30)38/h2*1-13,16,26,29,40H,14-15,17H2/t2*26-,29-/m10/s1. The van der Waals surface area contributed by atoms with Gasteiger partial charge in [0.05, 0.1) is 38.5 Å². The smallest absolute Gasteiger partial charge is 0.278 e. The third-order valence-corrected chi connectivity index (χ3v) is 19.3. The molecule has 4 aliphatic heterocycles. The Labute approximate surface area is 495 Å². The van der Waals surface area contributed by atoms with Gasteiger partial charge in [-0.15, -0.1) is 22.7 Å². The Kier molecular flexibility index (Phi) is 12.7. The fourth-order valence-electron chi connectivity index (χ4n) is 13.0. The summed E-state index contributed by atoms with van der Waals surface area (Å²) >= 11 is 3.00. The van der Waals surface area contributed by atoms with E-state index in [0.717, 1.165) is 65.0 Å². The molecular formula is C66H46F4N6O8S2. The highest BCUT2D eigenvalue weighted by Crippen LogP contribution is 2.56. The number of pyridine rings is 2. The zero-order valence-corrected chi connectivity index (χ0v) is 46.7. The zero-order valence-electron chi connectivity index (χ0n) is 45.1. The van der Waals surface area contributed by atoms with Crippen molar-refractivity contribution in [1.29, 1.82) is 0 Å². The SMILES string of the molecule is O=C1c2c(O)c(=O)ccn2N([C@@H]2c3ccccc3-c3sc(-c4ccccc4)cc3-c3c2ccc(F)c3F)[C@@H]2COCCN12.O=C1c2c(O)c(=O)ccn2N([C@H]2c3ccccc3-c3sc(-c4ccccc4)cc3-c3c2ccc(F)c3F)[C@H]2COCCN12. The van der Waals surface area contributed by atoms with Crippen LogP contribution in [0.1, 0.15) is 55.3 Å². The first-order chi connectivity index (χ1) is 41.9. The molecule has 20 heteroatoms. The molecule has 0 bridgehead atoms. The van der Waals surface area contributed by atoms with E-state index < -0.39 is 81.9 Å². The lowest BCUT2D eigenvalue weighted by Gasteiger charge is -2.51. The molecular weight excluding hydrogens is 1140 g/mol. The van der Waals surface area contributed by atoms with Crippen molar-refractivity contribution in [2.75, 3.05) is 49.5 Å². The number of thiophene rings is 2. The summed E-state index contributed by atoms with van der Waals surface area (Å²) in [6.07, 6.45) is 1.56. The molecule has 0 saturated carbocycles. The summed E-state index contributed by atoms with van der Waals surface area (Å²) in [5.74, 6) is -6.22. The first-order valence-corrected chi connectivity index (χ1v) is 29.3. The molecule has 10 aromatic rings. The van der Waals surface area contributed by atoms with E-state index in [9.17, 15) is 29.4 Å². The summed E-state index contributed by atoms with van der Waals surface area (Å²) < 4.78 is 77.1. The van der Waals surface area contributed by atoms with Crippen molar-refractivity contribution >= 4 is 34.5 Å². The summed E-state index contributed by atoms with van der Waals surface area (Å²) in [5, 5.41) is 25.4. The van der Waals surface area contributed by atoms with E-state index >= 15 is 17.6 Å². The van der Waals surface area contributed by atoms with Crippen LogP contribution in [0.2, 0.25) is 0 Å². The molecule has 2 saturated heterocycles. The molecule has 2 aliphatic carbocycles. The monoisotopic (exact) mass is 1190 g/mol. The molecule has 2 amide bonds. The molecule has 428 valence electrons. The Morgan fingerprint density at radius 2 is 0.849 bits per heavy atom. The number of morpholine rings is 2. The highest BCUT2D eigenvalue weighted by atomic mass is 32.1. The number of aromatic nitrogens is 2. The van der Waals surface area contributed by atoms with E-state index in [-0.39, 0.29) is 62.0 Å². The number of carbonyl (C=O) groups excluding carboxylic acids is 2. The van der Waals surface area contributed by atoms with Gasteiger partial charge in [0, 0.05) is 79.4 Å². The van der Waals surface area contributed by atoms with Crippen LogP contribution in [-0.2, 0) is 9.47 Å². The fraction of sp³-hybridized carbons (Fsp3) is 0.152. The van der Waals surface area contributed by atoms with Crippen LogP contribution in [0, 0.1) is 23.3 Å². The average Bonchev–Trinajstić information content (AvgIpc) is 1.94. The van der Waals surface area contributed by atoms with E-state index in [4.69, 9.17) is 9.47 Å². The Morgan fingerprint density at radius 1 is 0.453 bits per heavy atom. The minimum Gasteiger partial charge on any atom is -0.502 e. The second-order valence-electron chi connectivity index (χ2n) is 21.4. The molecule has 86 heavy (non-hydrogen) atoms. The highest BCUT2D eigenvalue weighted by Gasteiger charge is 2.49. The van der Waals surface area contributed by atoms with Crippen molar-refractivity contribution in [3.8, 4) is 75.5 Å². The largest absolute Gasteiger partial charge is 0.502 e. The summed E-state index contributed by atoms with van der Waals surface area (Å²) in [7, 11) is 0. The van der Waals surface area contributed by atoms with E-state index in [1.807, 2.05) is 131 Å². The van der Waals surface area contributed by atoms with Crippen LogP contribution in [0.3, 0.4) is 0 Å². The molecule has 2 N–H and O–H groups in total. The number of fused-ring (bicyclic) bond motifs is 14. The van der Waals surface area contributed by atoms with Gasteiger partial charge in [-0.25, -0.2) is 17.6 Å². The first-order valence-electron chi connectivity index (χ1n) is 27.7. The number of ether oxygens (including phenoxy) is 2. The number of carbonyl (C=O) groups is 2. The third kappa shape index (κ3) is 8.10. The van der Waals surface area contributed by atoms with Gasteiger partial charge in [0.1, 0.15) is 12.3 Å². The summed E-state index contributed by atoms with van der Waals surface area (Å²) in [5.41, 5.74) is 5.78. The summed E-state index contributed by atoms with van der Waals surface area (Å²) in [4.78, 5) is 58.8. The third-order valence-electron chi connectivity index (χ3n) is 16.8. The Balaban J connectivity index is 0.000000145. The van der Waals surface area contributed by atoms with Crippen molar-refractivity contribution in [1.82, 2.24) is 19.2 Å². The molecule has 8 heterocycles. The lowest BCUT2D eigenvalue weighted by molar-refractivity contribution is -0.0197. The maximum absolute atomic E-state index is 16.2. The Bertz CT molecular complexity index is 4300. The van der Waals surface area contributed by atoms with Gasteiger partial charge in [0.25, 0.3) is 11.8 Å². The Hall–Kier alpha value is -9.60. The van der Waals surface area contributed by atoms with Crippen LogP contribution in [0.15, 0.2) is 180 Å². The zero-order chi connectivity index (χ0) is 58.8. The van der Waals surface area contributed by atoms with Gasteiger partial charge in [-0.1, -0.05) is 121 Å². The number of aromatic hydroxyl groups is 2. The number of halogens is 4. The van der Waals surface area contributed by atoms with Crippen LogP contribution >= 0.6 is 22.7 Å². The fourth-order valence-corrected chi connectivity index (χ4v) is 15.5. The average molecular weight is 1190 g/mol. The molecule has 0 spiro atoms. The lowest BCUT2D eigenvalue weighted by atomic mass is 9.91. The summed E-state index contributed by atoms with van der Waals surface area (Å²) in [6.45, 7) is 1.30. The van der Waals surface area contributed by atoms with Crippen LogP contribution in [0.4, 0.5) is 17.6 Å². The predicted octanol–water partition coefficient (Wildman–Crippen LogP) is 11.5. The maximum atomic E-state index is 16.2. The van der Waals surface area contributed by atoms with Gasteiger partial charge >= 0.3 is 0 Å². The molecule has 16 rings (SSSR count). The maximum Gasteiger partial charge on any atom is 0.278 e. The topological polar surface area (TPSA) is 150 Å². The number of hydrogen-bond acceptors (Lipinski definition) is 12. The second kappa shape index (κ2) is 20.6. The van der Waals surface area contributed by atoms with E-state index in [1.165, 1.54) is 56.6 Å². The van der Waals surface area contributed by atoms with Gasteiger partial charge in [-0.05, 0) is 68.8 Å². The van der Waals surface area contributed by atoms with Crippen molar-refractivity contribution < 1.29 is 46.8 Å². The van der Waals surface area contributed by atoms with Crippen LogP contribution < -0.4 is 20.9 Å². The van der Waals surface area contributed by atoms with Crippen LogP contribution in [0.5, 0.6) is 11.5 Å². The molecule has 0 radical (unpaired) electrons. The van der Waals surface area contributed by atoms with Crippen LogP contribution in [-0.4, -0.2) is 93.0 Å². The minimum atomic E-state index is -0.972. The number of hydrogen-bond donors (Lipinski definition) is 2.